The van der Waals surface area contributed by atoms with Crippen LogP contribution in [0.4, 0.5) is 0 Å². The van der Waals surface area contributed by atoms with Crippen molar-refractivity contribution in [3.05, 3.63) is 0 Å². The quantitative estimate of drug-likeness (QED) is 0.428. The molecule has 48 valence electrons. The monoisotopic (exact) mass is 122 g/mol. The van der Waals surface area contributed by atoms with Crippen molar-refractivity contribution in [2.24, 2.45) is 5.73 Å². The lowest BCUT2D eigenvalue weighted by Crippen LogP contribution is -2.39. The minimum Gasteiger partial charge on any atom is -0.480 e. The van der Waals surface area contributed by atoms with Crippen molar-refractivity contribution in [2.75, 3.05) is 0 Å². The lowest BCUT2D eigenvalue weighted by molar-refractivity contribution is -0.140. The summed E-state index contributed by atoms with van der Waals surface area (Å²) >= 11 is 0. The molecule has 4 nitrogen and oxygen atoms in total. The Hall–Kier alpha value is -0.610. The highest BCUT2D eigenvalue weighted by Crippen LogP contribution is 1.85. The number of rotatable bonds is 2. The third-order valence-corrected chi connectivity index (χ3v) is 0.585. The molecule has 0 aliphatic carbocycles. The number of carbonyl (C=O) groups is 1. The van der Waals surface area contributed by atoms with E-state index in [-0.39, 0.29) is 0 Å². The van der Waals surface area contributed by atoms with Gasteiger partial charge in [0.15, 0.2) is 0 Å². The van der Waals surface area contributed by atoms with Gasteiger partial charge in [0, 0.05) is 2.74 Å². The van der Waals surface area contributed by atoms with Crippen LogP contribution in [0.2, 0.25) is 0 Å². The highest BCUT2D eigenvalue weighted by Gasteiger charge is 2.16. The third-order valence-electron chi connectivity index (χ3n) is 0.585. The third kappa shape index (κ3) is 1.90. The van der Waals surface area contributed by atoms with Crippen LogP contribution >= 0.6 is 0 Å². The van der Waals surface area contributed by atoms with E-state index in [1.165, 1.54) is 0 Å². The van der Waals surface area contributed by atoms with Gasteiger partial charge in [-0.15, -0.1) is 0 Å². The predicted octanol–water partition coefficient (Wildman–Crippen LogP) is -1.22. The van der Waals surface area contributed by atoms with Gasteiger partial charge in [0.2, 0.25) is 0 Å². The molecule has 0 fully saturated rings. The van der Waals surface area contributed by atoms with Gasteiger partial charge in [0.05, 0.1) is 7.45 Å². The zero-order valence-corrected chi connectivity index (χ0v) is 4.03. The molecule has 0 saturated carbocycles. The fraction of sp³-hybridized carbons (Fsp3) is 0.750. The minimum absolute atomic E-state index is 1.60. The number of hydrogen-bond acceptors (Lipinski definition) is 3. The number of aliphatic hydroxyl groups is 1. The molecule has 0 aromatic rings. The summed E-state index contributed by atoms with van der Waals surface area (Å²) in [6.45, 7) is -2.01. The molecule has 4 N–H and O–H groups in total. The lowest BCUT2D eigenvalue weighted by Gasteiger charge is -2.06. The highest BCUT2D eigenvalue weighted by molar-refractivity contribution is 5.73. The fourth-order valence-electron chi connectivity index (χ4n) is 0.127. The molecule has 0 unspecified atom stereocenters. The summed E-state index contributed by atoms with van der Waals surface area (Å²) in [6, 6.07) is -1.93. The average molecular weight is 122 g/mol. The molecular weight excluding hydrogens is 110 g/mol. The molecule has 0 aliphatic heterocycles. The Balaban J connectivity index is 4.41. The normalized spacial score (nSPS) is 27.1. The molecule has 0 amide bonds. The van der Waals surface area contributed by atoms with Crippen molar-refractivity contribution in [2.45, 2.75) is 19.0 Å². The molecule has 0 spiro atoms. The fourth-order valence-corrected chi connectivity index (χ4v) is 0.127. The van der Waals surface area contributed by atoms with Crippen molar-refractivity contribution in [3.8, 4) is 0 Å². The Labute approximate surface area is 51.1 Å². The number of carboxylic acid groups (broad SMARTS) is 1. The van der Waals surface area contributed by atoms with Crippen LogP contribution < -0.4 is 5.73 Å². The smallest absolute Gasteiger partial charge is 0.323 e. The van der Waals surface area contributed by atoms with Crippen LogP contribution in [0.3, 0.4) is 0 Å². The molecular formula is C4H9NO3. The first kappa shape index (κ1) is 3.42. The van der Waals surface area contributed by atoms with Crippen LogP contribution in [0.1, 0.15) is 11.0 Å². The Bertz CT molecular complexity index is 161. The molecule has 0 aromatic carbocycles. The van der Waals surface area contributed by atoms with E-state index in [0.717, 1.165) is 0 Å². The molecule has 0 aliphatic rings. The van der Waals surface area contributed by atoms with Gasteiger partial charge in [0.25, 0.3) is 0 Å². The van der Waals surface area contributed by atoms with Crippen LogP contribution in [0.15, 0.2) is 0 Å². The molecule has 4 heteroatoms. The van der Waals surface area contributed by atoms with Crippen LogP contribution in [0.25, 0.3) is 0 Å². The summed E-state index contributed by atoms with van der Waals surface area (Å²) in [6.07, 6.45) is -2.76. The van der Waals surface area contributed by atoms with E-state index in [2.05, 4.69) is 0 Å². The van der Waals surface area contributed by atoms with Gasteiger partial charge in [0.1, 0.15) is 6.04 Å². The van der Waals surface area contributed by atoms with Crippen molar-refractivity contribution < 1.29 is 19.1 Å². The molecule has 2 atom stereocenters. The maximum absolute atomic E-state index is 10.1. The van der Waals surface area contributed by atoms with E-state index in [1.54, 1.807) is 0 Å². The maximum Gasteiger partial charge on any atom is 0.323 e. The summed E-state index contributed by atoms with van der Waals surface area (Å²) in [5.74, 6) is -1.60. The van der Waals surface area contributed by atoms with Gasteiger partial charge in [-0.05, 0) is 6.88 Å². The summed E-state index contributed by atoms with van der Waals surface area (Å²) in [5, 5.41) is 17.0. The molecule has 8 heavy (non-hydrogen) atoms. The van der Waals surface area contributed by atoms with E-state index in [0.29, 0.717) is 0 Å². The number of aliphatic carboxylic acids is 1. The lowest BCUT2D eigenvalue weighted by atomic mass is 10.2. The van der Waals surface area contributed by atoms with E-state index in [1.807, 2.05) is 0 Å². The molecule has 0 radical (unpaired) electrons. The number of nitrogens with two attached hydrogens (primary N) is 1. The molecule has 0 heterocycles. The van der Waals surface area contributed by atoms with Gasteiger partial charge in [-0.25, -0.2) is 0 Å². The zero-order valence-electron chi connectivity index (χ0n) is 7.03. The van der Waals surface area contributed by atoms with Crippen LogP contribution in [-0.4, -0.2) is 28.3 Å². The van der Waals surface area contributed by atoms with Gasteiger partial charge in [-0.1, -0.05) is 0 Å². The van der Waals surface area contributed by atoms with Crippen LogP contribution in [0.5, 0.6) is 0 Å². The Morgan fingerprint density at radius 2 is 2.62 bits per heavy atom. The van der Waals surface area contributed by atoms with Crippen molar-refractivity contribution >= 4 is 5.97 Å². The zero-order chi connectivity index (χ0) is 9.23. The summed E-state index contributed by atoms with van der Waals surface area (Å²) in [4.78, 5) is 10.1. The van der Waals surface area contributed by atoms with E-state index < -0.39 is 25.0 Å². The summed E-state index contributed by atoms with van der Waals surface area (Å²) in [5.41, 5.74) is 4.82. The van der Waals surface area contributed by atoms with E-state index >= 15 is 0 Å². The molecule has 0 bridgehead atoms. The van der Waals surface area contributed by atoms with Crippen LogP contribution in [-0.2, 0) is 4.79 Å². The average Bonchev–Trinajstić information content (AvgIpc) is 1.85. The SMILES string of the molecule is [2H]C([2H])[C@@]([2H])(O)[C@H](N)C(=O)O. The first-order valence-electron chi connectivity index (χ1n) is 3.51. The van der Waals surface area contributed by atoms with E-state index in [4.69, 9.17) is 20.1 Å². The minimum atomic E-state index is -2.76. The first-order valence-corrected chi connectivity index (χ1v) is 1.85. The summed E-state index contributed by atoms with van der Waals surface area (Å²) < 4.78 is 20.0. The van der Waals surface area contributed by atoms with Gasteiger partial charge >= 0.3 is 5.97 Å². The topological polar surface area (TPSA) is 83.5 Å². The first-order chi connectivity index (χ1) is 4.80. The highest BCUT2D eigenvalue weighted by atomic mass is 16.4. The Morgan fingerprint density at radius 3 is 2.75 bits per heavy atom. The van der Waals surface area contributed by atoms with Gasteiger partial charge < -0.3 is 15.9 Å². The van der Waals surface area contributed by atoms with E-state index in [9.17, 15) is 4.79 Å². The van der Waals surface area contributed by atoms with Gasteiger partial charge in [-0.2, -0.15) is 0 Å². The molecule has 0 saturated heterocycles. The number of carboxylic acids is 1. The Morgan fingerprint density at radius 1 is 2.12 bits per heavy atom. The van der Waals surface area contributed by atoms with Gasteiger partial charge in [-0.3, -0.25) is 4.79 Å². The number of hydrogen-bond donors (Lipinski definition) is 3. The molecule has 0 rings (SSSR count). The second kappa shape index (κ2) is 2.64. The summed E-state index contributed by atoms with van der Waals surface area (Å²) in [7, 11) is 0. The maximum atomic E-state index is 10.1. The van der Waals surface area contributed by atoms with Crippen LogP contribution in [0, 0.1) is 0 Å². The largest absolute Gasteiger partial charge is 0.480 e. The van der Waals surface area contributed by atoms with Crippen molar-refractivity contribution in [1.82, 2.24) is 0 Å². The standard InChI is InChI=1S/C4H9NO3/c1-2(6)3(5)4(7)8/h2-3,6H,5H2,1H3,(H,7,8)/t2-,3+/m1/s1/i1D2,2D. The second-order valence-electron chi connectivity index (χ2n) is 1.24. The second-order valence-corrected chi connectivity index (χ2v) is 1.24. The van der Waals surface area contributed by atoms with Crippen molar-refractivity contribution in [1.29, 1.82) is 0 Å². The Kier molecular flexibility index (Phi) is 1.13. The van der Waals surface area contributed by atoms with Crippen molar-refractivity contribution in [3.63, 3.8) is 0 Å². The molecule has 0 aromatic heterocycles. The predicted molar refractivity (Wildman–Crippen MR) is 27.3 cm³/mol.